The van der Waals surface area contributed by atoms with E-state index >= 15 is 0 Å². The standard InChI is InChI=1S/C41H56N3O12P/c1-6-51-57(49,52-7-2)23-21-32(29-16-12-9-13-17-29)42-35(45)33(24-28-14-10-8-11-15-28)43-36(46)34(44-39(47)48)25-50-37-27(4)31-19-18-26(3)30-20-22-40(5)54-38(53-37)41(30,31)56-55-40/h8-17,21,23,26-27,30-34,37-38,44H,6-7,18-20,22,24-25H2,1-5H3,(H,42,45)(H,43,46)(H,47,48)/b23-21+/t26-,27-,30+,31+,32+,33+,34+,37+,38-,40-,41-/m1/s1. The normalized spacial score (nSPS) is 31.0. The molecule has 7 rings (SSSR count). The number of hydrogen-bond donors (Lipinski definition) is 4. The van der Waals surface area contributed by atoms with Gasteiger partial charge >= 0.3 is 13.7 Å². The Kier molecular flexibility index (Phi) is 13.9. The molecule has 57 heavy (non-hydrogen) atoms. The first-order chi connectivity index (χ1) is 27.3. The van der Waals surface area contributed by atoms with Crippen molar-refractivity contribution >= 4 is 25.5 Å². The van der Waals surface area contributed by atoms with Crippen LogP contribution in [0.4, 0.5) is 4.79 Å². The molecule has 0 aromatic heterocycles. The number of carboxylic acid groups (broad SMARTS) is 1. The van der Waals surface area contributed by atoms with Crippen LogP contribution in [0, 0.1) is 23.7 Å². The van der Waals surface area contributed by atoms with Crippen molar-refractivity contribution in [3.63, 3.8) is 0 Å². The van der Waals surface area contributed by atoms with Gasteiger partial charge in [0, 0.05) is 30.5 Å². The molecule has 11 atom stereocenters. The summed E-state index contributed by atoms with van der Waals surface area (Å²) < 4.78 is 43.3. The molecule has 4 aliphatic heterocycles. The van der Waals surface area contributed by atoms with Crippen molar-refractivity contribution in [3.05, 3.63) is 83.7 Å². The van der Waals surface area contributed by atoms with Crippen molar-refractivity contribution < 1.29 is 57.1 Å². The smallest absolute Gasteiger partial charge is 0.405 e. The van der Waals surface area contributed by atoms with E-state index in [-0.39, 0.29) is 37.4 Å². The highest BCUT2D eigenvalue weighted by Crippen LogP contribution is 2.60. The first kappa shape index (κ1) is 42.9. The van der Waals surface area contributed by atoms with Crippen LogP contribution in [0.2, 0.25) is 0 Å². The van der Waals surface area contributed by atoms with Crippen LogP contribution in [-0.4, -0.2) is 78.9 Å². The molecule has 15 nitrogen and oxygen atoms in total. The van der Waals surface area contributed by atoms with Crippen LogP contribution in [0.3, 0.4) is 0 Å². The molecule has 312 valence electrons. The molecule has 4 N–H and O–H groups in total. The summed E-state index contributed by atoms with van der Waals surface area (Å²) in [5.74, 6) is -0.790. The molecule has 4 heterocycles. The third-order valence-electron chi connectivity index (χ3n) is 11.6. The number of amides is 3. The van der Waals surface area contributed by atoms with E-state index in [9.17, 15) is 24.1 Å². The van der Waals surface area contributed by atoms with E-state index in [1.54, 1.807) is 38.1 Å². The van der Waals surface area contributed by atoms with E-state index in [4.69, 9.17) is 33.0 Å². The lowest BCUT2D eigenvalue weighted by Crippen LogP contribution is -2.70. The van der Waals surface area contributed by atoms with Gasteiger partial charge in [-0.2, -0.15) is 0 Å². The maximum Gasteiger partial charge on any atom is 0.405 e. The summed E-state index contributed by atoms with van der Waals surface area (Å²) in [7, 11) is -3.63. The van der Waals surface area contributed by atoms with E-state index in [1.165, 1.54) is 11.9 Å². The van der Waals surface area contributed by atoms with Gasteiger partial charge in [0.1, 0.15) is 12.1 Å². The number of carbonyl (C=O) groups is 3. The molecule has 5 aliphatic rings. The molecule has 1 aliphatic carbocycles. The summed E-state index contributed by atoms with van der Waals surface area (Å²) in [6.07, 6.45) is 1.82. The fraction of sp³-hybridized carbons (Fsp3) is 0.585. The monoisotopic (exact) mass is 813 g/mol. The van der Waals surface area contributed by atoms with Gasteiger partial charge in [0.05, 0.1) is 25.9 Å². The number of ether oxygens (including phenoxy) is 3. The fourth-order valence-corrected chi connectivity index (χ4v) is 10.1. The Hall–Kier alpha value is -3.66. The number of fused-ring (bicyclic) bond motifs is 2. The Morgan fingerprint density at radius 2 is 1.56 bits per heavy atom. The maximum atomic E-state index is 14.2. The van der Waals surface area contributed by atoms with Crippen molar-refractivity contribution in [1.82, 2.24) is 16.0 Å². The first-order valence-electron chi connectivity index (χ1n) is 19.9. The van der Waals surface area contributed by atoms with E-state index in [2.05, 4.69) is 22.9 Å². The second kappa shape index (κ2) is 18.5. The van der Waals surface area contributed by atoms with Gasteiger partial charge in [-0.05, 0) is 69.1 Å². The molecular weight excluding hydrogens is 757 g/mol. The summed E-state index contributed by atoms with van der Waals surface area (Å²) in [4.78, 5) is 52.4. The highest BCUT2D eigenvalue weighted by Gasteiger charge is 2.69. The molecule has 3 amide bonds. The van der Waals surface area contributed by atoms with Crippen molar-refractivity contribution in [3.8, 4) is 0 Å². The van der Waals surface area contributed by atoms with Gasteiger partial charge in [0.25, 0.3) is 0 Å². The molecular formula is C41H56N3O12P. The maximum absolute atomic E-state index is 14.2. The van der Waals surface area contributed by atoms with Crippen LogP contribution in [0.5, 0.6) is 0 Å². The Morgan fingerprint density at radius 3 is 2.23 bits per heavy atom. The van der Waals surface area contributed by atoms with Gasteiger partial charge in [-0.15, -0.1) is 0 Å². The second-order valence-corrected chi connectivity index (χ2v) is 17.4. The van der Waals surface area contributed by atoms with Gasteiger partial charge in [-0.3, -0.25) is 14.2 Å². The summed E-state index contributed by atoms with van der Waals surface area (Å²) in [6.45, 7) is 9.34. The molecule has 2 bridgehead atoms. The van der Waals surface area contributed by atoms with Crippen LogP contribution in [-0.2, 0) is 53.6 Å². The second-order valence-electron chi connectivity index (χ2n) is 15.5. The predicted molar refractivity (Wildman–Crippen MR) is 207 cm³/mol. The number of benzene rings is 2. The van der Waals surface area contributed by atoms with E-state index in [0.717, 1.165) is 24.8 Å². The topological polar surface area (TPSA) is 189 Å². The zero-order chi connectivity index (χ0) is 40.8. The Morgan fingerprint density at radius 1 is 0.895 bits per heavy atom. The SMILES string of the molecule is CCOP(=O)(/C=C/[C@H](NC(=O)[C@H](Cc1ccccc1)NC(=O)[C@H](CO[C@H]1O[C@@H]2O[C@@]3(C)CC[C@H]4[C@H](C)CC[C@@H]([C@H]1C)[C@@]24OO3)NC(=O)O)c1ccccc1)OCC. The van der Waals surface area contributed by atoms with Crippen molar-refractivity contribution in [1.29, 1.82) is 0 Å². The summed E-state index contributed by atoms with van der Waals surface area (Å²) in [6, 6.07) is 14.7. The molecule has 4 saturated heterocycles. The third-order valence-corrected chi connectivity index (χ3v) is 13.4. The molecule has 2 aromatic carbocycles. The summed E-state index contributed by atoms with van der Waals surface area (Å²) in [5.41, 5.74) is 0.595. The van der Waals surface area contributed by atoms with Gasteiger partial charge in [-0.1, -0.05) is 74.5 Å². The highest BCUT2D eigenvalue weighted by atomic mass is 31.2. The molecule has 5 fully saturated rings. The third kappa shape index (κ3) is 9.80. The summed E-state index contributed by atoms with van der Waals surface area (Å²) in [5, 5.41) is 17.8. The molecule has 0 unspecified atom stereocenters. The number of hydrogen-bond acceptors (Lipinski definition) is 11. The van der Waals surface area contributed by atoms with E-state index in [1.807, 2.05) is 50.2 Å². The largest absolute Gasteiger partial charge is 0.465 e. The zero-order valence-electron chi connectivity index (χ0n) is 33.2. The number of rotatable bonds is 17. The average Bonchev–Trinajstić information content (AvgIpc) is 3.42. The van der Waals surface area contributed by atoms with Crippen LogP contribution in [0.15, 0.2) is 72.6 Å². The quantitative estimate of drug-likeness (QED) is 0.105. The lowest BCUT2D eigenvalue weighted by atomic mass is 9.58. The zero-order valence-corrected chi connectivity index (χ0v) is 34.1. The lowest BCUT2D eigenvalue weighted by molar-refractivity contribution is -0.577. The van der Waals surface area contributed by atoms with Crippen molar-refractivity contribution in [2.24, 2.45) is 23.7 Å². The average molecular weight is 814 g/mol. The lowest BCUT2D eigenvalue weighted by Gasteiger charge is -2.60. The van der Waals surface area contributed by atoms with Gasteiger partial charge in [0.2, 0.25) is 17.6 Å². The molecule has 16 heteroatoms. The first-order valence-corrected chi connectivity index (χ1v) is 21.5. The van der Waals surface area contributed by atoms with Gasteiger partial charge < -0.3 is 44.3 Å². The number of nitrogens with one attached hydrogen (secondary N) is 3. The molecule has 2 aromatic rings. The van der Waals surface area contributed by atoms with Crippen LogP contribution < -0.4 is 16.0 Å². The minimum absolute atomic E-state index is 0.0497. The highest BCUT2D eigenvalue weighted by molar-refractivity contribution is 7.57. The number of carbonyl (C=O) groups excluding carboxylic acids is 2. The van der Waals surface area contributed by atoms with Gasteiger partial charge in [0.15, 0.2) is 18.2 Å². The Labute approximate surface area is 333 Å². The van der Waals surface area contributed by atoms with Crippen LogP contribution in [0.25, 0.3) is 0 Å². The minimum Gasteiger partial charge on any atom is -0.465 e. The molecule has 1 spiro atoms. The minimum atomic E-state index is -3.63. The predicted octanol–water partition coefficient (Wildman–Crippen LogP) is 6.21. The van der Waals surface area contributed by atoms with Crippen LogP contribution in [0.1, 0.15) is 77.5 Å². The Balaban J connectivity index is 1.20. The fourth-order valence-electron chi connectivity index (χ4n) is 8.75. The van der Waals surface area contributed by atoms with Crippen molar-refractivity contribution in [2.75, 3.05) is 19.8 Å². The molecule has 1 saturated carbocycles. The van der Waals surface area contributed by atoms with Crippen LogP contribution >= 0.6 is 7.60 Å². The Bertz CT molecular complexity index is 1760. The van der Waals surface area contributed by atoms with Gasteiger partial charge in [-0.25, -0.2) is 14.6 Å². The van der Waals surface area contributed by atoms with E-state index in [0.29, 0.717) is 17.9 Å². The van der Waals surface area contributed by atoms with Crippen molar-refractivity contribution in [2.45, 2.75) is 109 Å². The molecule has 0 radical (unpaired) electrons. The van der Waals surface area contributed by atoms with E-state index < -0.39 is 74.2 Å². The summed E-state index contributed by atoms with van der Waals surface area (Å²) >= 11 is 0.